The minimum Gasteiger partial charge on any atom is -0.481 e. The van der Waals surface area contributed by atoms with Crippen molar-refractivity contribution in [1.82, 2.24) is 10.6 Å². The molecule has 0 saturated carbocycles. The van der Waals surface area contributed by atoms with Gasteiger partial charge in [0.1, 0.15) is 5.75 Å². The molecule has 0 radical (unpaired) electrons. The average Bonchev–Trinajstić information content (AvgIpc) is 2.61. The van der Waals surface area contributed by atoms with E-state index in [4.69, 9.17) is 9.47 Å². The van der Waals surface area contributed by atoms with Crippen molar-refractivity contribution in [2.45, 2.75) is 30.8 Å². The maximum absolute atomic E-state index is 12.4. The van der Waals surface area contributed by atoms with Gasteiger partial charge in [-0.05, 0) is 63.4 Å². The number of amides is 1. The lowest BCUT2D eigenvalue weighted by Crippen LogP contribution is -2.49. The first-order chi connectivity index (χ1) is 11.6. The van der Waals surface area contributed by atoms with Crippen molar-refractivity contribution in [2.24, 2.45) is 5.41 Å². The van der Waals surface area contributed by atoms with Crippen LogP contribution in [0.2, 0.25) is 0 Å². The van der Waals surface area contributed by atoms with E-state index >= 15 is 0 Å². The molecule has 2 rings (SSSR count). The fourth-order valence-corrected chi connectivity index (χ4v) is 3.37. The van der Waals surface area contributed by atoms with E-state index in [9.17, 15) is 4.79 Å². The van der Waals surface area contributed by atoms with E-state index < -0.39 is 6.10 Å². The van der Waals surface area contributed by atoms with Crippen molar-refractivity contribution in [3.63, 3.8) is 0 Å². The number of benzene rings is 1. The number of ether oxygens (including phenoxy) is 2. The number of piperidine rings is 1. The number of carbonyl (C=O) groups is 1. The molecule has 1 fully saturated rings. The lowest BCUT2D eigenvalue weighted by molar-refractivity contribution is -0.128. The second kappa shape index (κ2) is 10.9. The zero-order valence-electron chi connectivity index (χ0n) is 15.2. The van der Waals surface area contributed by atoms with Gasteiger partial charge in [0.15, 0.2) is 6.10 Å². The van der Waals surface area contributed by atoms with Crippen LogP contribution in [-0.2, 0) is 9.53 Å². The number of halogens is 1. The van der Waals surface area contributed by atoms with Crippen molar-refractivity contribution >= 4 is 30.1 Å². The van der Waals surface area contributed by atoms with Crippen LogP contribution in [0.15, 0.2) is 29.2 Å². The summed E-state index contributed by atoms with van der Waals surface area (Å²) in [5, 5.41) is 6.40. The van der Waals surface area contributed by atoms with E-state index in [0.717, 1.165) is 25.9 Å². The van der Waals surface area contributed by atoms with E-state index in [0.29, 0.717) is 18.9 Å². The van der Waals surface area contributed by atoms with Gasteiger partial charge < -0.3 is 20.1 Å². The quantitative estimate of drug-likeness (QED) is 0.670. The Kier molecular flexibility index (Phi) is 9.64. The third kappa shape index (κ3) is 6.70. The van der Waals surface area contributed by atoms with Crippen LogP contribution in [0, 0.1) is 5.41 Å². The van der Waals surface area contributed by atoms with Gasteiger partial charge >= 0.3 is 0 Å². The highest BCUT2D eigenvalue weighted by molar-refractivity contribution is 7.98. The summed E-state index contributed by atoms with van der Waals surface area (Å²) in [5.41, 5.74) is 0.0232. The maximum Gasteiger partial charge on any atom is 0.260 e. The summed E-state index contributed by atoms with van der Waals surface area (Å²) >= 11 is 1.68. The molecule has 1 aliphatic rings. The van der Waals surface area contributed by atoms with Crippen molar-refractivity contribution in [1.29, 1.82) is 0 Å². The molecular weight excluding hydrogens is 360 g/mol. The minimum atomic E-state index is -0.522. The fraction of sp³-hybridized carbons (Fsp3) is 0.611. The third-order valence-corrected chi connectivity index (χ3v) is 5.24. The van der Waals surface area contributed by atoms with Crippen LogP contribution in [-0.4, -0.2) is 51.6 Å². The van der Waals surface area contributed by atoms with Gasteiger partial charge in [-0.1, -0.05) is 0 Å². The first-order valence-electron chi connectivity index (χ1n) is 8.37. The van der Waals surface area contributed by atoms with Crippen LogP contribution in [0.5, 0.6) is 5.75 Å². The number of nitrogens with one attached hydrogen (secondary N) is 2. The number of rotatable bonds is 8. The number of methoxy groups -OCH3 is 1. The summed E-state index contributed by atoms with van der Waals surface area (Å²) in [4.78, 5) is 13.5. The molecule has 1 aromatic carbocycles. The molecule has 0 aliphatic carbocycles. The summed E-state index contributed by atoms with van der Waals surface area (Å²) in [7, 11) is 1.72. The van der Waals surface area contributed by atoms with Gasteiger partial charge in [0.2, 0.25) is 0 Å². The fourth-order valence-electron chi connectivity index (χ4n) is 2.97. The molecule has 1 aromatic rings. The summed E-state index contributed by atoms with van der Waals surface area (Å²) in [6.45, 7) is 5.00. The number of carbonyl (C=O) groups excluding carboxylic acids is 1. The second-order valence-corrected chi connectivity index (χ2v) is 7.22. The van der Waals surface area contributed by atoms with E-state index in [1.807, 2.05) is 30.5 Å². The predicted molar refractivity (Wildman–Crippen MR) is 105 cm³/mol. The molecule has 0 spiro atoms. The topological polar surface area (TPSA) is 59.6 Å². The van der Waals surface area contributed by atoms with Gasteiger partial charge in [-0.2, -0.15) is 0 Å². The van der Waals surface area contributed by atoms with Crippen molar-refractivity contribution in [2.75, 3.05) is 39.6 Å². The minimum absolute atomic E-state index is 0. The molecule has 25 heavy (non-hydrogen) atoms. The van der Waals surface area contributed by atoms with Gasteiger partial charge in [0.05, 0.1) is 6.61 Å². The van der Waals surface area contributed by atoms with E-state index in [1.54, 1.807) is 25.8 Å². The molecular formula is C18H29ClN2O3S. The molecule has 1 saturated heterocycles. The highest BCUT2D eigenvalue weighted by Gasteiger charge is 2.33. The molecule has 2 N–H and O–H groups in total. The van der Waals surface area contributed by atoms with Gasteiger partial charge in [0, 0.05) is 24.0 Å². The Balaban J connectivity index is 0.00000312. The molecule has 1 atom stereocenters. The van der Waals surface area contributed by atoms with Gasteiger partial charge in [-0.15, -0.1) is 24.2 Å². The maximum atomic E-state index is 12.4. The Morgan fingerprint density at radius 3 is 2.52 bits per heavy atom. The predicted octanol–water partition coefficient (Wildman–Crippen LogP) is 2.73. The van der Waals surface area contributed by atoms with Crippen molar-refractivity contribution in [3.05, 3.63) is 24.3 Å². The van der Waals surface area contributed by atoms with Crippen LogP contribution in [0.25, 0.3) is 0 Å². The Morgan fingerprint density at radius 2 is 1.96 bits per heavy atom. The monoisotopic (exact) mass is 388 g/mol. The third-order valence-electron chi connectivity index (χ3n) is 4.49. The van der Waals surface area contributed by atoms with Gasteiger partial charge in [-0.25, -0.2) is 0 Å². The van der Waals surface area contributed by atoms with Crippen LogP contribution in [0.3, 0.4) is 0 Å². The molecule has 1 unspecified atom stereocenters. The van der Waals surface area contributed by atoms with Gasteiger partial charge in [-0.3, -0.25) is 4.79 Å². The SMILES string of the molecule is COCC1(CNC(=O)C(C)Oc2ccc(SC)cc2)CCNCC1.Cl. The Hall–Kier alpha value is -0.950. The Morgan fingerprint density at radius 1 is 1.32 bits per heavy atom. The van der Waals surface area contributed by atoms with Crippen molar-refractivity contribution < 1.29 is 14.3 Å². The van der Waals surface area contributed by atoms with E-state index in [-0.39, 0.29) is 23.7 Å². The average molecular weight is 389 g/mol. The molecule has 142 valence electrons. The zero-order chi connectivity index (χ0) is 17.4. The van der Waals surface area contributed by atoms with Crippen LogP contribution >= 0.6 is 24.2 Å². The lowest BCUT2D eigenvalue weighted by atomic mass is 9.79. The number of thioether (sulfide) groups is 1. The summed E-state index contributed by atoms with van der Waals surface area (Å²) in [6, 6.07) is 7.78. The smallest absolute Gasteiger partial charge is 0.260 e. The first kappa shape index (κ1) is 22.1. The number of hydrogen-bond acceptors (Lipinski definition) is 5. The molecule has 0 bridgehead atoms. The normalized spacial score (nSPS) is 17.2. The standard InChI is InChI=1S/C18H28N2O3S.ClH/c1-14(23-15-4-6-16(24-3)7-5-15)17(21)20-12-18(13-22-2)8-10-19-11-9-18;/h4-7,14,19H,8-13H2,1-3H3,(H,20,21);1H. The second-order valence-electron chi connectivity index (χ2n) is 6.34. The van der Waals surface area contributed by atoms with Crippen LogP contribution < -0.4 is 15.4 Å². The summed E-state index contributed by atoms with van der Waals surface area (Å²) in [5.74, 6) is 0.627. The Bertz CT molecular complexity index is 516. The van der Waals surface area contributed by atoms with Crippen LogP contribution in [0.1, 0.15) is 19.8 Å². The summed E-state index contributed by atoms with van der Waals surface area (Å²) in [6.07, 6.45) is 3.52. The molecule has 0 aromatic heterocycles. The van der Waals surface area contributed by atoms with Gasteiger partial charge in [0.25, 0.3) is 5.91 Å². The largest absolute Gasteiger partial charge is 0.481 e. The van der Waals surface area contributed by atoms with Crippen molar-refractivity contribution in [3.8, 4) is 5.75 Å². The van der Waals surface area contributed by atoms with Crippen LogP contribution in [0.4, 0.5) is 0 Å². The molecule has 1 aliphatic heterocycles. The summed E-state index contributed by atoms with van der Waals surface area (Å²) < 4.78 is 11.1. The number of hydrogen-bond donors (Lipinski definition) is 2. The first-order valence-corrected chi connectivity index (χ1v) is 9.59. The zero-order valence-corrected chi connectivity index (χ0v) is 16.8. The molecule has 1 heterocycles. The Labute approximate surface area is 161 Å². The van der Waals surface area contributed by atoms with E-state index in [2.05, 4.69) is 10.6 Å². The molecule has 5 nitrogen and oxygen atoms in total. The van der Waals surface area contributed by atoms with E-state index in [1.165, 1.54) is 4.90 Å². The highest BCUT2D eigenvalue weighted by Crippen LogP contribution is 2.28. The lowest BCUT2D eigenvalue weighted by Gasteiger charge is -2.37. The molecule has 1 amide bonds. The highest BCUT2D eigenvalue weighted by atomic mass is 35.5. The molecule has 7 heteroatoms.